The summed E-state index contributed by atoms with van der Waals surface area (Å²) in [6.45, 7) is 0. The van der Waals surface area contributed by atoms with Crippen molar-refractivity contribution in [3.8, 4) is 0 Å². The van der Waals surface area contributed by atoms with Crippen LogP contribution in [-0.2, 0) is 0 Å². The summed E-state index contributed by atoms with van der Waals surface area (Å²) >= 11 is 3.38. The van der Waals surface area contributed by atoms with Gasteiger partial charge in [-0.2, -0.15) is 0 Å². The van der Waals surface area contributed by atoms with Gasteiger partial charge in [0.1, 0.15) is 0 Å². The van der Waals surface area contributed by atoms with Crippen molar-refractivity contribution in [3.63, 3.8) is 0 Å². The summed E-state index contributed by atoms with van der Waals surface area (Å²) in [5.74, 6) is -0.557. The SMILES string of the molecule is OC(c1ccccc1)P(=[Se])(c1ccccc1)c1ccccc1. The topological polar surface area (TPSA) is 20.2 Å². The summed E-state index contributed by atoms with van der Waals surface area (Å²) < 4.78 is 0. The van der Waals surface area contributed by atoms with Crippen molar-refractivity contribution >= 4 is 31.2 Å². The maximum absolute atomic E-state index is 11.2. The molecule has 3 heteroatoms. The van der Waals surface area contributed by atoms with Crippen molar-refractivity contribution in [2.45, 2.75) is 5.85 Å². The third-order valence-corrected chi connectivity index (χ3v) is 10.8. The van der Waals surface area contributed by atoms with Crippen LogP contribution in [0.2, 0.25) is 0 Å². The van der Waals surface area contributed by atoms with Gasteiger partial charge in [-0.1, -0.05) is 0 Å². The molecule has 1 nitrogen and oxygen atoms in total. The molecule has 0 aliphatic carbocycles. The van der Waals surface area contributed by atoms with Crippen LogP contribution in [0.5, 0.6) is 0 Å². The number of aliphatic hydroxyl groups excluding tert-OH is 1. The Bertz CT molecular complexity index is 729. The molecule has 0 radical (unpaired) electrons. The van der Waals surface area contributed by atoms with Gasteiger partial charge in [-0.3, -0.25) is 0 Å². The van der Waals surface area contributed by atoms with Gasteiger partial charge >= 0.3 is 139 Å². The van der Waals surface area contributed by atoms with Crippen LogP contribution in [0.1, 0.15) is 11.4 Å². The first-order valence-corrected chi connectivity index (χ1v) is 11.2. The molecule has 0 spiro atoms. The summed E-state index contributed by atoms with van der Waals surface area (Å²) in [5.41, 5.74) is -1.11. The molecule has 110 valence electrons. The number of aliphatic hydroxyl groups is 1. The Morgan fingerprint density at radius 2 is 1.00 bits per heavy atom. The first-order valence-electron chi connectivity index (χ1n) is 7.17. The molecule has 0 saturated carbocycles. The average molecular weight is 371 g/mol. The van der Waals surface area contributed by atoms with Gasteiger partial charge in [0.05, 0.1) is 0 Å². The molecule has 3 aromatic rings. The van der Waals surface area contributed by atoms with Gasteiger partial charge in [-0.15, -0.1) is 0 Å². The van der Waals surface area contributed by atoms with Crippen molar-refractivity contribution < 1.29 is 5.11 Å². The molecule has 3 rings (SSSR count). The van der Waals surface area contributed by atoms with E-state index in [9.17, 15) is 5.11 Å². The Hall–Kier alpha value is -1.43. The minimum absolute atomic E-state index is 0.557. The third-order valence-electron chi connectivity index (χ3n) is 3.72. The van der Waals surface area contributed by atoms with Gasteiger partial charge in [0.25, 0.3) is 0 Å². The zero-order valence-electron chi connectivity index (χ0n) is 12.0. The van der Waals surface area contributed by atoms with E-state index in [1.807, 2.05) is 66.7 Å². The van der Waals surface area contributed by atoms with Gasteiger partial charge < -0.3 is 0 Å². The monoisotopic (exact) mass is 372 g/mol. The minimum atomic E-state index is -2.06. The van der Waals surface area contributed by atoms with Crippen LogP contribution < -0.4 is 10.6 Å². The van der Waals surface area contributed by atoms with E-state index in [2.05, 4.69) is 39.4 Å². The van der Waals surface area contributed by atoms with Crippen LogP contribution in [0.15, 0.2) is 91.0 Å². The van der Waals surface area contributed by atoms with Gasteiger partial charge in [-0.25, -0.2) is 0 Å². The van der Waals surface area contributed by atoms with Crippen LogP contribution in [0.3, 0.4) is 0 Å². The second-order valence-electron chi connectivity index (χ2n) is 5.11. The van der Waals surface area contributed by atoms with E-state index in [1.165, 1.54) is 0 Å². The van der Waals surface area contributed by atoms with E-state index >= 15 is 0 Å². The summed E-state index contributed by atoms with van der Waals surface area (Å²) in [5, 5.41) is 13.5. The van der Waals surface area contributed by atoms with Gasteiger partial charge in [0.15, 0.2) is 0 Å². The summed E-state index contributed by atoms with van der Waals surface area (Å²) in [6.07, 6.45) is 0. The molecule has 0 heterocycles. The fourth-order valence-corrected chi connectivity index (χ4v) is 7.55. The van der Waals surface area contributed by atoms with Crippen molar-refractivity contribution in [3.05, 3.63) is 96.6 Å². The summed E-state index contributed by atoms with van der Waals surface area (Å²) in [4.78, 5) is 0. The zero-order chi connectivity index (χ0) is 15.4. The Morgan fingerprint density at radius 3 is 1.41 bits per heavy atom. The molecule has 0 aliphatic heterocycles. The number of hydrogen-bond donors (Lipinski definition) is 1. The first kappa shape index (κ1) is 15.5. The normalized spacial score (nSPS) is 12.8. The van der Waals surface area contributed by atoms with E-state index in [0.717, 1.165) is 16.2 Å². The second kappa shape index (κ2) is 6.77. The van der Waals surface area contributed by atoms with E-state index in [4.69, 9.17) is 0 Å². The van der Waals surface area contributed by atoms with E-state index in [1.54, 1.807) is 0 Å². The zero-order valence-corrected chi connectivity index (χ0v) is 14.6. The molecule has 0 fully saturated rings. The Labute approximate surface area is 138 Å². The number of hydrogen-bond acceptors (Lipinski definition) is 1. The Balaban J connectivity index is 2.18. The maximum atomic E-state index is 11.2. The summed E-state index contributed by atoms with van der Waals surface area (Å²) in [6, 6.07) is 30.4. The van der Waals surface area contributed by atoms with Crippen molar-refractivity contribution in [2.75, 3.05) is 0 Å². The number of rotatable bonds is 4. The van der Waals surface area contributed by atoms with Gasteiger partial charge in [0.2, 0.25) is 0 Å². The predicted molar refractivity (Wildman–Crippen MR) is 96.2 cm³/mol. The molecule has 0 saturated heterocycles. The quantitative estimate of drug-likeness (QED) is 0.550. The fourth-order valence-electron chi connectivity index (χ4n) is 2.57. The Morgan fingerprint density at radius 1 is 0.636 bits per heavy atom. The number of benzene rings is 3. The van der Waals surface area contributed by atoms with Crippen LogP contribution in [0, 0.1) is 0 Å². The van der Waals surface area contributed by atoms with Crippen LogP contribution in [-0.4, -0.2) is 20.2 Å². The van der Waals surface area contributed by atoms with Gasteiger partial charge in [0, 0.05) is 0 Å². The van der Waals surface area contributed by atoms with Crippen LogP contribution in [0.25, 0.3) is 0 Å². The van der Waals surface area contributed by atoms with Gasteiger partial charge in [-0.05, 0) is 0 Å². The molecular formula is C19H17OPSe. The summed E-state index contributed by atoms with van der Waals surface area (Å²) in [7, 11) is 0. The van der Waals surface area contributed by atoms with Crippen molar-refractivity contribution in [1.29, 1.82) is 0 Å². The van der Waals surface area contributed by atoms with E-state index < -0.39 is 11.4 Å². The second-order valence-corrected chi connectivity index (χ2v) is 11.6. The standard InChI is InChI=1S/C19H17OPSe/c20-19(16-10-4-1-5-11-16)21(22,17-12-6-2-7-13-17)18-14-8-3-9-15-18/h1-15,19-20H. The molecule has 0 aliphatic rings. The average Bonchev–Trinajstić information content (AvgIpc) is 2.62. The molecule has 1 atom stereocenters. The molecular weight excluding hydrogens is 354 g/mol. The molecule has 0 aromatic heterocycles. The van der Waals surface area contributed by atoms with Crippen molar-refractivity contribution in [2.24, 2.45) is 0 Å². The van der Waals surface area contributed by atoms with Crippen LogP contribution in [0.4, 0.5) is 0 Å². The van der Waals surface area contributed by atoms with E-state index in [-0.39, 0.29) is 0 Å². The molecule has 1 unspecified atom stereocenters. The predicted octanol–water partition coefficient (Wildman–Crippen LogP) is 3.43. The fraction of sp³-hybridized carbons (Fsp3) is 0.0526. The molecule has 0 bridgehead atoms. The van der Waals surface area contributed by atoms with Crippen LogP contribution >= 0.6 is 5.51 Å². The molecule has 22 heavy (non-hydrogen) atoms. The molecule has 1 N–H and O–H groups in total. The van der Waals surface area contributed by atoms with E-state index in [0.29, 0.717) is 0 Å². The third kappa shape index (κ3) is 2.89. The molecule has 3 aromatic carbocycles. The first-order chi connectivity index (χ1) is 10.7. The molecule has 0 amide bonds. The Kier molecular flexibility index (Phi) is 4.76. The van der Waals surface area contributed by atoms with Crippen molar-refractivity contribution in [1.82, 2.24) is 0 Å².